The van der Waals surface area contributed by atoms with Gasteiger partial charge in [-0.3, -0.25) is 0 Å². The second-order valence-corrected chi connectivity index (χ2v) is 6.86. The molecule has 3 nitrogen and oxygen atoms in total. The zero-order chi connectivity index (χ0) is 14.8. The third-order valence-electron chi connectivity index (χ3n) is 3.71. The van der Waals surface area contributed by atoms with Crippen molar-refractivity contribution in [3.05, 3.63) is 44.4 Å². The molecule has 1 aliphatic rings. The van der Waals surface area contributed by atoms with Crippen LogP contribution in [-0.4, -0.2) is 11.6 Å². The van der Waals surface area contributed by atoms with E-state index in [-0.39, 0.29) is 6.04 Å². The molecule has 112 valence electrons. The highest BCUT2D eigenvalue weighted by molar-refractivity contribution is 7.11. The third kappa shape index (κ3) is 3.23. The van der Waals surface area contributed by atoms with Gasteiger partial charge in [-0.25, -0.2) is 4.98 Å². The monoisotopic (exact) mass is 322 g/mol. The molecule has 0 bridgehead atoms. The Balaban J connectivity index is 1.70. The number of nitrogens with one attached hydrogen (secondary N) is 1. The van der Waals surface area contributed by atoms with Crippen LogP contribution < -0.4 is 10.1 Å². The number of aryl methyl sites for hydroxylation is 1. The van der Waals surface area contributed by atoms with E-state index in [2.05, 4.69) is 24.1 Å². The highest BCUT2D eigenvalue weighted by atomic mass is 35.5. The molecule has 1 aromatic heterocycles. The van der Waals surface area contributed by atoms with Crippen molar-refractivity contribution in [1.82, 2.24) is 10.3 Å². The van der Waals surface area contributed by atoms with Gasteiger partial charge in [-0.1, -0.05) is 18.5 Å². The van der Waals surface area contributed by atoms with Crippen molar-refractivity contribution in [2.75, 3.05) is 6.61 Å². The number of hydrogen-bond donors (Lipinski definition) is 1. The summed E-state index contributed by atoms with van der Waals surface area (Å²) in [5.41, 5.74) is 2.35. The summed E-state index contributed by atoms with van der Waals surface area (Å²) in [5.74, 6) is 1.01. The van der Waals surface area contributed by atoms with Crippen LogP contribution in [0, 0.1) is 0 Å². The average Bonchev–Trinajstić information content (AvgIpc) is 3.12. The first-order valence-electron chi connectivity index (χ1n) is 7.29. The number of thiazole rings is 1. The van der Waals surface area contributed by atoms with Crippen LogP contribution in [0.5, 0.6) is 5.75 Å². The Morgan fingerprint density at radius 3 is 3.10 bits per heavy atom. The fraction of sp³-hybridized carbons (Fsp3) is 0.438. The van der Waals surface area contributed by atoms with Gasteiger partial charge in [0.15, 0.2) is 0 Å². The molecule has 21 heavy (non-hydrogen) atoms. The number of halogens is 1. The molecule has 2 heterocycles. The van der Waals surface area contributed by atoms with Crippen molar-refractivity contribution in [3.8, 4) is 5.75 Å². The van der Waals surface area contributed by atoms with Crippen LogP contribution in [0.4, 0.5) is 0 Å². The zero-order valence-electron chi connectivity index (χ0n) is 12.3. The van der Waals surface area contributed by atoms with Crippen molar-refractivity contribution in [2.24, 2.45) is 0 Å². The number of fused-ring (bicyclic) bond motifs is 1. The molecule has 1 atom stereocenters. The number of nitrogens with zero attached hydrogens (tertiary/aromatic N) is 1. The third-order valence-corrected chi connectivity index (χ3v) is 5.26. The average molecular weight is 323 g/mol. The fourth-order valence-electron chi connectivity index (χ4n) is 2.51. The van der Waals surface area contributed by atoms with Crippen molar-refractivity contribution in [3.63, 3.8) is 0 Å². The van der Waals surface area contributed by atoms with Gasteiger partial charge in [-0.2, -0.15) is 0 Å². The summed E-state index contributed by atoms with van der Waals surface area (Å²) in [7, 11) is 0. The lowest BCUT2D eigenvalue weighted by atomic mass is 10.1. The molecule has 5 heteroatoms. The van der Waals surface area contributed by atoms with E-state index in [9.17, 15) is 0 Å². The quantitative estimate of drug-likeness (QED) is 0.898. The van der Waals surface area contributed by atoms with E-state index in [1.165, 1.54) is 10.4 Å². The molecule has 1 aliphatic heterocycles. The minimum Gasteiger partial charge on any atom is -0.493 e. The molecule has 1 unspecified atom stereocenters. The maximum atomic E-state index is 6.19. The van der Waals surface area contributed by atoms with Gasteiger partial charge >= 0.3 is 0 Å². The standard InChI is InChI=1S/C16H19ClN2OS/c1-3-14-9-19-16(21-14)10(2)18-8-12-7-13(17)6-11-4-5-20-15(11)12/h6-7,9-10,18H,3-5,8H2,1-2H3. The van der Waals surface area contributed by atoms with Crippen LogP contribution in [0.15, 0.2) is 18.3 Å². The predicted molar refractivity (Wildman–Crippen MR) is 87.4 cm³/mol. The molecule has 0 aliphatic carbocycles. The first-order valence-corrected chi connectivity index (χ1v) is 8.49. The van der Waals surface area contributed by atoms with E-state index in [0.29, 0.717) is 0 Å². The Labute approximate surface area is 134 Å². The number of ether oxygens (including phenoxy) is 1. The lowest BCUT2D eigenvalue weighted by Gasteiger charge is -2.14. The smallest absolute Gasteiger partial charge is 0.127 e. The molecule has 1 N–H and O–H groups in total. The summed E-state index contributed by atoms with van der Waals surface area (Å²) < 4.78 is 5.73. The van der Waals surface area contributed by atoms with Crippen LogP contribution in [-0.2, 0) is 19.4 Å². The molecule has 0 spiro atoms. The number of hydrogen-bond acceptors (Lipinski definition) is 4. The van der Waals surface area contributed by atoms with Gasteiger partial charge in [0.25, 0.3) is 0 Å². The molecule has 3 rings (SSSR count). The van der Waals surface area contributed by atoms with E-state index in [4.69, 9.17) is 16.3 Å². The van der Waals surface area contributed by atoms with Crippen molar-refractivity contribution < 1.29 is 4.74 Å². The summed E-state index contributed by atoms with van der Waals surface area (Å²) in [4.78, 5) is 5.81. The van der Waals surface area contributed by atoms with Crippen LogP contribution in [0.1, 0.15) is 40.9 Å². The van der Waals surface area contributed by atoms with Gasteiger partial charge in [0.2, 0.25) is 0 Å². The molecular weight excluding hydrogens is 304 g/mol. The van der Waals surface area contributed by atoms with Crippen molar-refractivity contribution >= 4 is 22.9 Å². The molecule has 0 radical (unpaired) electrons. The highest BCUT2D eigenvalue weighted by Gasteiger charge is 2.18. The lowest BCUT2D eigenvalue weighted by molar-refractivity contribution is 0.351. The highest BCUT2D eigenvalue weighted by Crippen LogP contribution is 2.33. The zero-order valence-corrected chi connectivity index (χ0v) is 13.9. The Hall–Kier alpha value is -1.10. The molecule has 1 aromatic carbocycles. The summed E-state index contributed by atoms with van der Waals surface area (Å²) >= 11 is 7.96. The number of rotatable bonds is 5. The van der Waals surface area contributed by atoms with E-state index >= 15 is 0 Å². The van der Waals surface area contributed by atoms with Gasteiger partial charge in [0.05, 0.1) is 12.6 Å². The molecular formula is C16H19ClN2OS. The second kappa shape index (κ2) is 6.34. The fourth-order valence-corrected chi connectivity index (χ4v) is 3.66. The van der Waals surface area contributed by atoms with E-state index in [1.54, 1.807) is 11.3 Å². The Morgan fingerprint density at radius 1 is 1.48 bits per heavy atom. The first kappa shape index (κ1) is 14.8. The van der Waals surface area contributed by atoms with Crippen LogP contribution in [0.2, 0.25) is 5.02 Å². The maximum absolute atomic E-state index is 6.19. The minimum atomic E-state index is 0.228. The maximum Gasteiger partial charge on any atom is 0.127 e. The first-order chi connectivity index (χ1) is 10.2. The number of aromatic nitrogens is 1. The molecule has 2 aromatic rings. The topological polar surface area (TPSA) is 34.2 Å². The summed E-state index contributed by atoms with van der Waals surface area (Å²) in [6.07, 6.45) is 3.96. The van der Waals surface area contributed by atoms with Gasteiger partial charge in [-0.05, 0) is 31.0 Å². The van der Waals surface area contributed by atoms with Crippen LogP contribution >= 0.6 is 22.9 Å². The van der Waals surface area contributed by atoms with Crippen molar-refractivity contribution in [1.29, 1.82) is 0 Å². The lowest BCUT2D eigenvalue weighted by Crippen LogP contribution is -2.18. The Morgan fingerprint density at radius 2 is 2.33 bits per heavy atom. The molecule has 0 amide bonds. The number of benzene rings is 1. The molecule has 0 saturated carbocycles. The summed E-state index contributed by atoms with van der Waals surface area (Å²) in [5, 5.41) is 5.43. The van der Waals surface area contributed by atoms with Gasteiger partial charge in [0.1, 0.15) is 10.8 Å². The van der Waals surface area contributed by atoms with Gasteiger partial charge in [0, 0.05) is 34.6 Å². The van der Waals surface area contributed by atoms with E-state index in [1.807, 2.05) is 18.3 Å². The van der Waals surface area contributed by atoms with Crippen LogP contribution in [0.3, 0.4) is 0 Å². The van der Waals surface area contributed by atoms with Gasteiger partial charge < -0.3 is 10.1 Å². The molecule has 0 fully saturated rings. The Bertz CT molecular complexity index is 641. The normalized spacial score (nSPS) is 14.8. The molecule has 0 saturated heterocycles. The van der Waals surface area contributed by atoms with E-state index in [0.717, 1.165) is 47.3 Å². The summed E-state index contributed by atoms with van der Waals surface area (Å²) in [6, 6.07) is 4.22. The summed E-state index contributed by atoms with van der Waals surface area (Å²) in [6.45, 7) is 5.79. The van der Waals surface area contributed by atoms with Crippen LogP contribution in [0.25, 0.3) is 0 Å². The Kier molecular flexibility index (Phi) is 4.48. The minimum absolute atomic E-state index is 0.228. The second-order valence-electron chi connectivity index (χ2n) is 5.27. The predicted octanol–water partition coefficient (Wildman–Crippen LogP) is 4.14. The van der Waals surface area contributed by atoms with Gasteiger partial charge in [-0.15, -0.1) is 11.3 Å². The van der Waals surface area contributed by atoms with E-state index < -0.39 is 0 Å². The largest absolute Gasteiger partial charge is 0.493 e. The SMILES string of the molecule is CCc1cnc(C(C)NCc2cc(Cl)cc3c2OCC3)s1. The van der Waals surface area contributed by atoms with Crippen molar-refractivity contribution in [2.45, 2.75) is 39.3 Å².